The summed E-state index contributed by atoms with van der Waals surface area (Å²) in [6, 6.07) is 46.0. The number of furan rings is 2. The lowest BCUT2D eigenvalue weighted by atomic mass is 9.95. The van der Waals surface area contributed by atoms with Crippen LogP contribution in [-0.4, -0.2) is 11.7 Å². The zero-order valence-corrected chi connectivity index (χ0v) is 25.8. The number of para-hydroxylation sites is 3. The van der Waals surface area contributed by atoms with Gasteiger partial charge in [0.1, 0.15) is 34.5 Å². The predicted octanol–water partition coefficient (Wildman–Crippen LogP) is 9.74. The van der Waals surface area contributed by atoms with E-state index in [1.54, 1.807) is 0 Å². The van der Waals surface area contributed by atoms with E-state index in [2.05, 4.69) is 108 Å². The fraction of sp³-hybridized carbons (Fsp3) is 0.0476. The van der Waals surface area contributed by atoms with Crippen LogP contribution in [0, 0.1) is 0 Å². The third-order valence-corrected chi connectivity index (χ3v) is 9.39. The molecule has 0 spiro atoms. The van der Waals surface area contributed by atoms with Gasteiger partial charge < -0.3 is 19.5 Å². The summed E-state index contributed by atoms with van der Waals surface area (Å²) >= 11 is 0. The molecule has 6 aromatic carbocycles. The van der Waals surface area contributed by atoms with Gasteiger partial charge in [-0.2, -0.15) is 0 Å². The van der Waals surface area contributed by atoms with E-state index in [0.717, 1.165) is 72.1 Å². The molecule has 0 bridgehead atoms. The summed E-state index contributed by atoms with van der Waals surface area (Å²) in [5.41, 5.74) is 8.51. The van der Waals surface area contributed by atoms with E-state index in [1.165, 1.54) is 10.8 Å². The summed E-state index contributed by atoms with van der Waals surface area (Å²) in [5.74, 6) is 2.19. The molecule has 6 heteroatoms. The minimum atomic E-state index is -0.356. The minimum Gasteiger partial charge on any atom is -0.458 e. The Morgan fingerprint density at radius 1 is 0.625 bits per heavy atom. The second kappa shape index (κ2) is 10.6. The molecule has 4 heterocycles. The van der Waals surface area contributed by atoms with Crippen molar-refractivity contribution in [3.05, 3.63) is 162 Å². The Morgan fingerprint density at radius 3 is 2.29 bits per heavy atom. The van der Waals surface area contributed by atoms with Crippen LogP contribution in [0.25, 0.3) is 60.4 Å². The standard InChI is InChI=1S/C42H28N4O2/c1-2-11-26(12-3-1)40-44-41(33-18-9-16-31-30-14-6-7-19-35(30)47-39(31)33)46-42(45-40)34-23-43-24-36-37(34)32-17-8-15-29(38(32)48-36)28-21-20-25-10-4-5-13-27(25)22-28/h1-23,40,43H,24H2,(H,44,45,46). The number of amidine groups is 2. The highest BCUT2D eigenvalue weighted by Crippen LogP contribution is 2.41. The summed E-state index contributed by atoms with van der Waals surface area (Å²) in [5, 5.41) is 12.6. The first-order valence-corrected chi connectivity index (χ1v) is 16.1. The first kappa shape index (κ1) is 26.8. The fourth-order valence-electron chi connectivity index (χ4n) is 7.11. The molecule has 0 saturated carbocycles. The lowest BCUT2D eigenvalue weighted by Crippen LogP contribution is -2.34. The van der Waals surface area contributed by atoms with E-state index in [1.807, 2.05) is 42.6 Å². The van der Waals surface area contributed by atoms with Crippen molar-refractivity contribution in [2.75, 3.05) is 0 Å². The first-order valence-electron chi connectivity index (χ1n) is 16.1. The molecule has 1 atom stereocenters. The normalized spacial score (nSPS) is 15.9. The Balaban J connectivity index is 1.14. The van der Waals surface area contributed by atoms with Crippen LogP contribution < -0.4 is 10.6 Å². The van der Waals surface area contributed by atoms with Crippen molar-refractivity contribution >= 4 is 60.9 Å². The molecule has 10 rings (SSSR count). The van der Waals surface area contributed by atoms with Crippen LogP contribution in [0.15, 0.2) is 158 Å². The Kier molecular flexibility index (Phi) is 5.90. The number of fused-ring (bicyclic) bond motifs is 7. The van der Waals surface area contributed by atoms with Gasteiger partial charge in [0.2, 0.25) is 0 Å². The molecule has 2 N–H and O–H groups in total. The number of hydrogen-bond acceptors (Lipinski definition) is 6. The summed E-state index contributed by atoms with van der Waals surface area (Å²) in [7, 11) is 0. The quantitative estimate of drug-likeness (QED) is 0.205. The highest BCUT2D eigenvalue weighted by atomic mass is 16.3. The molecule has 0 amide bonds. The topological polar surface area (TPSA) is 75.1 Å². The maximum absolute atomic E-state index is 6.69. The van der Waals surface area contributed by atoms with E-state index in [4.69, 9.17) is 18.8 Å². The van der Waals surface area contributed by atoms with Gasteiger partial charge in [0.25, 0.3) is 0 Å². The van der Waals surface area contributed by atoms with Gasteiger partial charge in [-0.15, -0.1) is 0 Å². The van der Waals surface area contributed by atoms with Gasteiger partial charge in [0, 0.05) is 39.1 Å². The number of aliphatic imine (C=N–C) groups is 2. The summed E-state index contributed by atoms with van der Waals surface area (Å²) < 4.78 is 13.1. The molecule has 228 valence electrons. The third kappa shape index (κ3) is 4.19. The van der Waals surface area contributed by atoms with Gasteiger partial charge in [0.15, 0.2) is 5.84 Å². The van der Waals surface area contributed by atoms with Gasteiger partial charge >= 0.3 is 0 Å². The molecular weight excluding hydrogens is 592 g/mol. The molecule has 1 unspecified atom stereocenters. The highest BCUT2D eigenvalue weighted by Gasteiger charge is 2.30. The molecular formula is C42H28N4O2. The second-order valence-corrected chi connectivity index (χ2v) is 12.2. The van der Waals surface area contributed by atoms with Crippen molar-refractivity contribution < 1.29 is 8.83 Å². The third-order valence-electron chi connectivity index (χ3n) is 9.39. The van der Waals surface area contributed by atoms with Gasteiger partial charge in [-0.05, 0) is 40.1 Å². The van der Waals surface area contributed by atoms with Gasteiger partial charge in [-0.25, -0.2) is 9.98 Å². The molecule has 8 aromatic rings. The molecule has 0 saturated heterocycles. The molecule has 0 aliphatic carbocycles. The van der Waals surface area contributed by atoms with E-state index >= 15 is 0 Å². The van der Waals surface area contributed by atoms with Crippen molar-refractivity contribution in [2.45, 2.75) is 12.7 Å². The van der Waals surface area contributed by atoms with Crippen molar-refractivity contribution in [3.8, 4) is 11.1 Å². The smallest absolute Gasteiger partial charge is 0.161 e. The largest absolute Gasteiger partial charge is 0.458 e. The molecule has 0 radical (unpaired) electrons. The average Bonchev–Trinajstić information content (AvgIpc) is 3.73. The van der Waals surface area contributed by atoms with E-state index in [9.17, 15) is 0 Å². The Labute approximate surface area is 275 Å². The molecule has 2 aromatic heterocycles. The number of hydrogen-bond donors (Lipinski definition) is 2. The second-order valence-electron chi connectivity index (χ2n) is 12.2. The SMILES string of the molecule is C1=C(C2=NC(c3ccccc3)NC(c3cccc4c3oc3ccccc34)=N2)c2c(oc3c(-c4ccc5ccccc5c4)cccc23)CN1. The summed E-state index contributed by atoms with van der Waals surface area (Å²) in [6.07, 6.45) is 1.67. The Morgan fingerprint density at radius 2 is 1.38 bits per heavy atom. The number of nitrogens with zero attached hydrogens (tertiary/aromatic N) is 2. The van der Waals surface area contributed by atoms with Gasteiger partial charge in [-0.3, -0.25) is 0 Å². The molecule has 48 heavy (non-hydrogen) atoms. The number of nitrogens with one attached hydrogen (secondary N) is 2. The van der Waals surface area contributed by atoms with Gasteiger partial charge in [-0.1, -0.05) is 115 Å². The van der Waals surface area contributed by atoms with Crippen molar-refractivity contribution in [2.24, 2.45) is 9.98 Å². The maximum atomic E-state index is 6.69. The van der Waals surface area contributed by atoms with Crippen LogP contribution in [0.4, 0.5) is 0 Å². The minimum absolute atomic E-state index is 0.356. The predicted molar refractivity (Wildman–Crippen MR) is 194 cm³/mol. The molecule has 2 aliphatic heterocycles. The van der Waals surface area contributed by atoms with Crippen LogP contribution >= 0.6 is 0 Å². The van der Waals surface area contributed by atoms with Crippen LogP contribution in [0.2, 0.25) is 0 Å². The number of rotatable bonds is 4. The van der Waals surface area contributed by atoms with E-state index < -0.39 is 0 Å². The van der Waals surface area contributed by atoms with E-state index in [0.29, 0.717) is 18.2 Å². The first-order chi connectivity index (χ1) is 23.8. The molecule has 2 aliphatic rings. The lowest BCUT2D eigenvalue weighted by Gasteiger charge is -2.25. The van der Waals surface area contributed by atoms with Crippen LogP contribution in [0.1, 0.15) is 28.6 Å². The summed E-state index contributed by atoms with van der Waals surface area (Å²) in [6.45, 7) is 0.577. The van der Waals surface area contributed by atoms with Crippen molar-refractivity contribution in [3.63, 3.8) is 0 Å². The Hall–Kier alpha value is -6.40. The maximum Gasteiger partial charge on any atom is 0.161 e. The average molecular weight is 621 g/mol. The zero-order valence-electron chi connectivity index (χ0n) is 25.8. The fourth-order valence-corrected chi connectivity index (χ4v) is 7.11. The molecule has 0 fully saturated rings. The highest BCUT2D eigenvalue weighted by molar-refractivity contribution is 6.31. The van der Waals surface area contributed by atoms with E-state index in [-0.39, 0.29) is 6.17 Å². The number of benzene rings is 6. The van der Waals surface area contributed by atoms with Crippen LogP contribution in [-0.2, 0) is 6.54 Å². The van der Waals surface area contributed by atoms with Crippen molar-refractivity contribution in [1.29, 1.82) is 0 Å². The summed E-state index contributed by atoms with van der Waals surface area (Å²) in [4.78, 5) is 10.4. The van der Waals surface area contributed by atoms with Crippen LogP contribution in [0.3, 0.4) is 0 Å². The Bertz CT molecular complexity index is 2660. The monoisotopic (exact) mass is 620 g/mol. The lowest BCUT2D eigenvalue weighted by molar-refractivity contribution is 0.532. The van der Waals surface area contributed by atoms with Gasteiger partial charge in [0.05, 0.1) is 12.1 Å². The zero-order chi connectivity index (χ0) is 31.6. The van der Waals surface area contributed by atoms with Crippen LogP contribution in [0.5, 0.6) is 0 Å². The van der Waals surface area contributed by atoms with Crippen molar-refractivity contribution in [1.82, 2.24) is 10.6 Å². The molecule has 6 nitrogen and oxygen atoms in total.